The van der Waals surface area contributed by atoms with Crippen LogP contribution in [0.3, 0.4) is 0 Å². The zero-order valence-corrected chi connectivity index (χ0v) is 10.6. The summed E-state index contributed by atoms with van der Waals surface area (Å²) < 4.78 is 5.31. The first-order chi connectivity index (χ1) is 8.61. The number of nitrogens with zero attached hydrogens (tertiary/aromatic N) is 3. The van der Waals surface area contributed by atoms with Crippen LogP contribution < -0.4 is 16.0 Å². The minimum absolute atomic E-state index is 0.0830. The Balaban J connectivity index is 2.30. The molecule has 1 atom stereocenters. The summed E-state index contributed by atoms with van der Waals surface area (Å²) in [6, 6.07) is 1.15. The fourth-order valence-corrected chi connectivity index (χ4v) is 2.02. The molecule has 8 heteroatoms. The van der Waals surface area contributed by atoms with Crippen LogP contribution in [0.15, 0.2) is 6.07 Å². The van der Waals surface area contributed by atoms with E-state index < -0.39 is 6.04 Å². The van der Waals surface area contributed by atoms with Gasteiger partial charge < -0.3 is 20.7 Å². The molecule has 1 aliphatic rings. The first-order valence-corrected chi connectivity index (χ1v) is 5.85. The van der Waals surface area contributed by atoms with Crippen molar-refractivity contribution in [1.29, 1.82) is 0 Å². The third kappa shape index (κ3) is 2.62. The second-order valence-electron chi connectivity index (χ2n) is 3.81. The molecule has 1 fully saturated rings. The molecule has 7 nitrogen and oxygen atoms in total. The quantitative estimate of drug-likeness (QED) is 0.715. The number of carbonyl (C=O) groups is 1. The molecule has 0 spiro atoms. The third-order valence-corrected chi connectivity index (χ3v) is 2.86. The number of likely N-dealkylation sites (N-methyl/N-ethyl adjacent to an activating group) is 1. The van der Waals surface area contributed by atoms with Gasteiger partial charge in [-0.15, -0.1) is 0 Å². The van der Waals surface area contributed by atoms with E-state index in [0.29, 0.717) is 25.6 Å². The lowest BCUT2D eigenvalue weighted by atomic mass is 10.2. The molecule has 3 N–H and O–H groups in total. The van der Waals surface area contributed by atoms with Crippen molar-refractivity contribution in [3.05, 3.63) is 11.2 Å². The van der Waals surface area contributed by atoms with E-state index in [4.69, 9.17) is 22.1 Å². The summed E-state index contributed by atoms with van der Waals surface area (Å²) >= 11 is 5.84. The number of halogens is 1. The van der Waals surface area contributed by atoms with Crippen LogP contribution in [0.1, 0.15) is 0 Å². The van der Waals surface area contributed by atoms with E-state index in [9.17, 15) is 4.79 Å². The Morgan fingerprint density at radius 2 is 2.44 bits per heavy atom. The predicted octanol–water partition coefficient (Wildman–Crippen LogP) is -0.337. The average molecular weight is 272 g/mol. The molecule has 2 rings (SSSR count). The molecule has 1 saturated heterocycles. The Bertz CT molecular complexity index is 436. The van der Waals surface area contributed by atoms with Crippen LogP contribution in [0.2, 0.25) is 5.15 Å². The topological polar surface area (TPSA) is 93.4 Å². The van der Waals surface area contributed by atoms with E-state index in [2.05, 4.69) is 15.3 Å². The smallest absolute Gasteiger partial charge is 0.244 e. The molecule has 0 bridgehead atoms. The Kier molecular flexibility index (Phi) is 3.83. The number of rotatable bonds is 2. The number of carbonyl (C=O) groups excluding carboxylic acids is 1. The van der Waals surface area contributed by atoms with E-state index in [1.165, 1.54) is 0 Å². The molecular formula is C10H14ClN5O2. The van der Waals surface area contributed by atoms with Gasteiger partial charge in [0.2, 0.25) is 11.9 Å². The van der Waals surface area contributed by atoms with E-state index in [1.807, 2.05) is 4.90 Å². The average Bonchev–Trinajstić information content (AvgIpc) is 2.36. The molecule has 1 unspecified atom stereocenters. The standard InChI is InChI=1S/C10H14ClN5O2/c1-13-9(17)6-5-18-3-2-16(6)8-4-7(11)14-10(12)15-8/h4,6H,2-3,5H2,1H3,(H,13,17)(H2,12,14,15). The van der Waals surface area contributed by atoms with Crippen molar-refractivity contribution in [3.8, 4) is 0 Å². The number of nitrogen functional groups attached to an aromatic ring is 1. The number of nitrogens with two attached hydrogens (primary N) is 1. The number of morpholine rings is 1. The molecule has 1 amide bonds. The van der Waals surface area contributed by atoms with Gasteiger partial charge in [-0.25, -0.2) is 4.98 Å². The maximum atomic E-state index is 11.8. The first kappa shape index (κ1) is 12.8. The predicted molar refractivity (Wildman–Crippen MR) is 67.5 cm³/mol. The lowest BCUT2D eigenvalue weighted by molar-refractivity contribution is -0.124. The lowest BCUT2D eigenvalue weighted by Gasteiger charge is -2.35. The van der Waals surface area contributed by atoms with Crippen LogP contribution in [0.25, 0.3) is 0 Å². The molecule has 1 aromatic rings. The van der Waals surface area contributed by atoms with Gasteiger partial charge in [0.1, 0.15) is 17.0 Å². The molecule has 1 aromatic heterocycles. The van der Waals surface area contributed by atoms with E-state index >= 15 is 0 Å². The van der Waals surface area contributed by atoms with Crippen molar-refractivity contribution in [1.82, 2.24) is 15.3 Å². The van der Waals surface area contributed by atoms with Crippen molar-refractivity contribution in [2.45, 2.75) is 6.04 Å². The first-order valence-electron chi connectivity index (χ1n) is 5.48. The third-order valence-electron chi connectivity index (χ3n) is 2.67. The van der Waals surface area contributed by atoms with Gasteiger partial charge in [-0.05, 0) is 0 Å². The van der Waals surface area contributed by atoms with Crippen LogP contribution in [-0.4, -0.2) is 48.7 Å². The minimum atomic E-state index is -0.436. The molecule has 2 heterocycles. The number of anilines is 2. The minimum Gasteiger partial charge on any atom is -0.377 e. The lowest BCUT2D eigenvalue weighted by Crippen LogP contribution is -2.53. The molecule has 0 radical (unpaired) electrons. The molecular weight excluding hydrogens is 258 g/mol. The molecule has 0 aromatic carbocycles. The van der Waals surface area contributed by atoms with Crippen molar-refractivity contribution in [3.63, 3.8) is 0 Å². The Morgan fingerprint density at radius 1 is 1.67 bits per heavy atom. The monoisotopic (exact) mass is 271 g/mol. The summed E-state index contributed by atoms with van der Waals surface area (Å²) in [5, 5.41) is 2.85. The SMILES string of the molecule is CNC(=O)C1COCCN1c1cc(Cl)nc(N)n1. The second kappa shape index (κ2) is 5.36. The Labute approximate surface area is 109 Å². The molecule has 1 aliphatic heterocycles. The van der Waals surface area contributed by atoms with Gasteiger partial charge in [-0.1, -0.05) is 11.6 Å². The number of hydrogen-bond donors (Lipinski definition) is 2. The Morgan fingerprint density at radius 3 is 3.11 bits per heavy atom. The van der Waals surface area contributed by atoms with Gasteiger partial charge in [-0.3, -0.25) is 4.79 Å². The number of amides is 1. The van der Waals surface area contributed by atoms with Crippen LogP contribution in [0.4, 0.5) is 11.8 Å². The van der Waals surface area contributed by atoms with E-state index in [0.717, 1.165) is 0 Å². The fraction of sp³-hybridized carbons (Fsp3) is 0.500. The molecule has 18 heavy (non-hydrogen) atoms. The maximum absolute atomic E-state index is 11.8. The summed E-state index contributed by atoms with van der Waals surface area (Å²) in [7, 11) is 1.58. The number of aromatic nitrogens is 2. The Hall–Kier alpha value is -1.60. The molecule has 0 saturated carbocycles. The van der Waals surface area contributed by atoms with Gasteiger partial charge in [0, 0.05) is 19.7 Å². The largest absolute Gasteiger partial charge is 0.377 e. The summed E-state index contributed by atoms with van der Waals surface area (Å²) in [4.78, 5) is 21.5. The molecule has 0 aliphatic carbocycles. The highest BCUT2D eigenvalue weighted by Gasteiger charge is 2.30. The highest BCUT2D eigenvalue weighted by molar-refractivity contribution is 6.29. The molecule has 98 valence electrons. The van der Waals surface area contributed by atoms with Crippen LogP contribution in [-0.2, 0) is 9.53 Å². The highest BCUT2D eigenvalue weighted by Crippen LogP contribution is 2.21. The van der Waals surface area contributed by atoms with Gasteiger partial charge in [-0.2, -0.15) is 4.98 Å². The summed E-state index contributed by atoms with van der Waals surface area (Å²) in [5.74, 6) is 0.479. The van der Waals surface area contributed by atoms with Crippen LogP contribution in [0, 0.1) is 0 Å². The van der Waals surface area contributed by atoms with Gasteiger partial charge >= 0.3 is 0 Å². The van der Waals surface area contributed by atoms with Crippen molar-refractivity contribution in [2.75, 3.05) is 37.4 Å². The highest BCUT2D eigenvalue weighted by atomic mass is 35.5. The normalized spacial score (nSPS) is 19.7. The van der Waals surface area contributed by atoms with Crippen LogP contribution in [0.5, 0.6) is 0 Å². The van der Waals surface area contributed by atoms with Crippen molar-refractivity contribution >= 4 is 29.3 Å². The van der Waals surface area contributed by atoms with Gasteiger partial charge in [0.25, 0.3) is 0 Å². The van der Waals surface area contributed by atoms with Gasteiger partial charge in [0.05, 0.1) is 13.2 Å². The van der Waals surface area contributed by atoms with Crippen molar-refractivity contribution in [2.24, 2.45) is 0 Å². The van der Waals surface area contributed by atoms with Gasteiger partial charge in [0.15, 0.2) is 0 Å². The summed E-state index contributed by atoms with van der Waals surface area (Å²) in [5.41, 5.74) is 5.56. The number of ether oxygens (including phenoxy) is 1. The number of hydrogen-bond acceptors (Lipinski definition) is 6. The zero-order chi connectivity index (χ0) is 13.1. The van der Waals surface area contributed by atoms with E-state index in [-0.39, 0.29) is 17.0 Å². The summed E-state index contributed by atoms with van der Waals surface area (Å²) in [6.07, 6.45) is 0. The second-order valence-corrected chi connectivity index (χ2v) is 4.19. The zero-order valence-electron chi connectivity index (χ0n) is 9.89. The fourth-order valence-electron chi connectivity index (χ4n) is 1.83. The van der Waals surface area contributed by atoms with E-state index in [1.54, 1.807) is 13.1 Å². The summed E-state index contributed by atoms with van der Waals surface area (Å²) in [6.45, 7) is 1.38. The van der Waals surface area contributed by atoms with Crippen molar-refractivity contribution < 1.29 is 9.53 Å². The number of nitrogens with one attached hydrogen (secondary N) is 1. The maximum Gasteiger partial charge on any atom is 0.244 e. The van der Waals surface area contributed by atoms with Crippen LogP contribution >= 0.6 is 11.6 Å².